The number of fused-ring (bicyclic) bond motifs is 7. The van der Waals surface area contributed by atoms with Crippen LogP contribution in [0.1, 0.15) is 85.5 Å². The van der Waals surface area contributed by atoms with E-state index in [0.717, 1.165) is 38.5 Å². The van der Waals surface area contributed by atoms with Crippen molar-refractivity contribution in [3.05, 3.63) is 0 Å². The third-order valence-electron chi connectivity index (χ3n) is 18.2. The standard InChI is InChI=1S/C45H72O19/c1-18-7-10-45(57-17-18)19(2)30-25(64-45)12-24-22-6-5-20-11-21(8-9-43(20,3)23(22)13-29(49)44(24,30)4)58-40-37(56)35(54)38(28(16-48)61-40)62-42-39(34(53)32(51)27(15-47)60-42)63-41-36(55)33(52)31(50)26(14-46)59-41/h18-28,30-42,46-48,50-56H,5-17H2,1-4H3/t18-,19-,20-,21-,22+,23-,24-,25-,26+,27+,28+,30-,31-,32+,33-,34-,35+,36+,37+,38-,39+,40+,41-,42-,43-,44+,45+/m0/s1. The van der Waals surface area contributed by atoms with Gasteiger partial charge in [-0.3, -0.25) is 4.79 Å². The van der Waals surface area contributed by atoms with E-state index >= 15 is 0 Å². The smallest absolute Gasteiger partial charge is 0.187 e. The van der Waals surface area contributed by atoms with Crippen LogP contribution in [-0.4, -0.2) is 193 Å². The van der Waals surface area contributed by atoms with Crippen molar-refractivity contribution in [3.63, 3.8) is 0 Å². The Morgan fingerprint density at radius 1 is 0.641 bits per heavy atom. The Morgan fingerprint density at radius 3 is 1.92 bits per heavy atom. The Hall–Kier alpha value is -1.05. The average Bonchev–Trinajstić information content (AvgIpc) is 3.73. The molecular weight excluding hydrogens is 844 g/mol. The molecule has 19 heteroatoms. The first-order chi connectivity index (χ1) is 30.4. The second-order valence-corrected chi connectivity index (χ2v) is 21.4. The van der Waals surface area contributed by atoms with E-state index in [9.17, 15) is 55.9 Å². The van der Waals surface area contributed by atoms with Crippen molar-refractivity contribution in [2.24, 2.45) is 52.3 Å². The monoisotopic (exact) mass is 916 g/mol. The second-order valence-electron chi connectivity index (χ2n) is 21.4. The van der Waals surface area contributed by atoms with Gasteiger partial charge in [-0.15, -0.1) is 0 Å². The maximum atomic E-state index is 14.6. The van der Waals surface area contributed by atoms with Gasteiger partial charge < -0.3 is 89.0 Å². The molecule has 9 fully saturated rings. The number of hydrogen-bond acceptors (Lipinski definition) is 19. The van der Waals surface area contributed by atoms with Crippen LogP contribution >= 0.6 is 0 Å². The number of aliphatic hydroxyl groups is 10. The first-order valence-corrected chi connectivity index (χ1v) is 23.8. The molecule has 4 aliphatic carbocycles. The van der Waals surface area contributed by atoms with Gasteiger partial charge in [0.05, 0.1) is 38.6 Å². The van der Waals surface area contributed by atoms with Gasteiger partial charge in [-0.1, -0.05) is 27.7 Å². The van der Waals surface area contributed by atoms with Crippen LogP contribution in [0.3, 0.4) is 0 Å². The molecule has 5 heterocycles. The molecule has 0 bridgehead atoms. The number of hydrogen-bond donors (Lipinski definition) is 10. The van der Waals surface area contributed by atoms with Gasteiger partial charge in [0, 0.05) is 30.1 Å². The van der Waals surface area contributed by atoms with Crippen LogP contribution in [0.15, 0.2) is 0 Å². The molecule has 27 atom stereocenters. The number of ether oxygens (including phenoxy) is 8. The van der Waals surface area contributed by atoms with Crippen LogP contribution in [0, 0.1) is 52.3 Å². The number of aliphatic hydroxyl groups excluding tert-OH is 10. The third-order valence-corrected chi connectivity index (χ3v) is 18.2. The predicted molar refractivity (Wildman–Crippen MR) is 216 cm³/mol. The number of Topliss-reactive ketones (excluding diaryl/α,β-unsaturated/α-hetero) is 1. The van der Waals surface area contributed by atoms with E-state index in [1.807, 2.05) is 0 Å². The number of carbonyl (C=O) groups is 1. The number of rotatable bonds is 9. The molecule has 0 radical (unpaired) electrons. The molecule has 5 saturated heterocycles. The minimum Gasteiger partial charge on any atom is -0.394 e. The SMILES string of the molecule is C[C@H]1CC[C@@]2(OC1)O[C@H]1C[C@H]3[C@@H]4CC[C@H]5C[C@@H](O[C@@H]6O[C@H](CO)[C@H](O[C@@H]7O[C@H](CO)[C@@H](O)[C@H](O)[C@H]7O[C@@H]7O[C@H](CO)[C@H](O)[C@H](O)[C@H]7O)[C@H](O)[C@H]6O)CC[C@]5(C)[C@H]4CC(=O)[C@]3(C)[C@H]1[C@@H]2C. The van der Waals surface area contributed by atoms with Crippen LogP contribution in [0.4, 0.5) is 0 Å². The molecule has 4 saturated carbocycles. The summed E-state index contributed by atoms with van der Waals surface area (Å²) in [5, 5.41) is 106. The highest BCUT2D eigenvalue weighted by atomic mass is 16.8. The summed E-state index contributed by atoms with van der Waals surface area (Å²) >= 11 is 0. The summed E-state index contributed by atoms with van der Waals surface area (Å²) in [7, 11) is 0. The topological polar surface area (TPSA) is 293 Å². The van der Waals surface area contributed by atoms with Gasteiger partial charge >= 0.3 is 0 Å². The van der Waals surface area contributed by atoms with E-state index in [4.69, 9.17) is 37.9 Å². The lowest BCUT2D eigenvalue weighted by molar-refractivity contribution is -0.390. The zero-order chi connectivity index (χ0) is 45.8. The highest BCUT2D eigenvalue weighted by molar-refractivity contribution is 5.87. The van der Waals surface area contributed by atoms with Crippen molar-refractivity contribution in [3.8, 4) is 0 Å². The number of ketones is 1. The normalized spacial score (nSPS) is 57.5. The molecule has 0 aromatic heterocycles. The number of carbonyl (C=O) groups excluding carboxylic acids is 1. The van der Waals surface area contributed by atoms with Crippen molar-refractivity contribution in [2.75, 3.05) is 26.4 Å². The Bertz CT molecular complexity index is 1650. The molecule has 0 unspecified atom stereocenters. The second kappa shape index (κ2) is 18.0. The fourth-order valence-corrected chi connectivity index (χ4v) is 14.4. The van der Waals surface area contributed by atoms with E-state index in [1.165, 1.54) is 0 Å². The molecule has 9 aliphatic rings. The van der Waals surface area contributed by atoms with E-state index in [-0.39, 0.29) is 47.2 Å². The summed E-state index contributed by atoms with van der Waals surface area (Å²) < 4.78 is 48.7. The highest BCUT2D eigenvalue weighted by Gasteiger charge is 2.72. The van der Waals surface area contributed by atoms with Crippen LogP contribution in [0.25, 0.3) is 0 Å². The first kappa shape index (κ1) is 48.0. The summed E-state index contributed by atoms with van der Waals surface area (Å²) in [5.74, 6) is 1.65. The molecule has 1 spiro atoms. The first-order valence-electron chi connectivity index (χ1n) is 23.8. The fraction of sp³-hybridized carbons (Fsp3) is 0.978. The van der Waals surface area contributed by atoms with E-state index in [2.05, 4.69) is 27.7 Å². The van der Waals surface area contributed by atoms with Crippen molar-refractivity contribution in [2.45, 2.75) is 196 Å². The summed E-state index contributed by atoms with van der Waals surface area (Å²) in [4.78, 5) is 14.6. The fourth-order valence-electron chi connectivity index (χ4n) is 14.4. The van der Waals surface area contributed by atoms with Crippen LogP contribution in [0.5, 0.6) is 0 Å². The lowest BCUT2D eigenvalue weighted by Crippen LogP contribution is -2.67. The maximum Gasteiger partial charge on any atom is 0.187 e. The van der Waals surface area contributed by atoms with E-state index < -0.39 is 123 Å². The Morgan fingerprint density at radius 2 is 1.25 bits per heavy atom. The lowest BCUT2D eigenvalue weighted by Gasteiger charge is -2.60. The summed E-state index contributed by atoms with van der Waals surface area (Å²) in [6.07, 6.45) is -17.9. The van der Waals surface area contributed by atoms with Gasteiger partial charge in [0.2, 0.25) is 0 Å². The minimum absolute atomic E-state index is 0.0132. The molecule has 5 aliphatic heterocycles. The molecule has 19 nitrogen and oxygen atoms in total. The molecule has 64 heavy (non-hydrogen) atoms. The van der Waals surface area contributed by atoms with Crippen molar-refractivity contribution in [1.29, 1.82) is 0 Å². The van der Waals surface area contributed by atoms with E-state index in [0.29, 0.717) is 43.5 Å². The average molecular weight is 917 g/mol. The van der Waals surface area contributed by atoms with Crippen molar-refractivity contribution in [1.82, 2.24) is 0 Å². The van der Waals surface area contributed by atoms with Gasteiger partial charge in [0.25, 0.3) is 0 Å². The zero-order valence-electron chi connectivity index (χ0n) is 37.2. The Kier molecular flexibility index (Phi) is 13.5. The lowest BCUT2D eigenvalue weighted by atomic mass is 9.44. The predicted octanol–water partition coefficient (Wildman–Crippen LogP) is -1.55. The van der Waals surface area contributed by atoms with Gasteiger partial charge in [-0.25, -0.2) is 0 Å². The Balaban J connectivity index is 0.844. The molecule has 0 amide bonds. The summed E-state index contributed by atoms with van der Waals surface area (Å²) in [5.41, 5.74) is -0.557. The molecule has 0 aromatic carbocycles. The third kappa shape index (κ3) is 7.67. The van der Waals surface area contributed by atoms with Crippen LogP contribution < -0.4 is 0 Å². The van der Waals surface area contributed by atoms with Gasteiger partial charge in [-0.2, -0.15) is 0 Å². The van der Waals surface area contributed by atoms with Gasteiger partial charge in [-0.05, 0) is 80.0 Å². The largest absolute Gasteiger partial charge is 0.394 e. The molecule has 10 N–H and O–H groups in total. The van der Waals surface area contributed by atoms with Crippen molar-refractivity contribution >= 4 is 5.78 Å². The van der Waals surface area contributed by atoms with Crippen LogP contribution in [-0.2, 0) is 42.7 Å². The van der Waals surface area contributed by atoms with E-state index in [1.54, 1.807) is 0 Å². The van der Waals surface area contributed by atoms with Gasteiger partial charge in [0.1, 0.15) is 79.0 Å². The summed E-state index contributed by atoms with van der Waals surface area (Å²) in [6.45, 7) is 7.40. The summed E-state index contributed by atoms with van der Waals surface area (Å²) in [6, 6.07) is 0. The van der Waals surface area contributed by atoms with Gasteiger partial charge in [0.15, 0.2) is 24.7 Å². The Labute approximate surface area is 373 Å². The molecule has 366 valence electrons. The maximum absolute atomic E-state index is 14.6. The molecular formula is C45H72O19. The highest BCUT2D eigenvalue weighted by Crippen LogP contribution is 2.70. The van der Waals surface area contributed by atoms with Crippen LogP contribution in [0.2, 0.25) is 0 Å². The molecule has 9 rings (SSSR count). The van der Waals surface area contributed by atoms with Crippen molar-refractivity contribution < 1.29 is 93.8 Å². The molecule has 0 aromatic rings. The zero-order valence-corrected chi connectivity index (χ0v) is 37.2. The minimum atomic E-state index is -1.90. The quantitative estimate of drug-likeness (QED) is 0.117.